The number of aliphatic hydroxyl groups excluding tert-OH is 1. The number of aliphatic hydroxyl groups is 1. The smallest absolute Gasteiger partial charge is 0.110 e. The molecule has 1 heterocycles. The van der Waals surface area contributed by atoms with Gasteiger partial charge in [-0.3, -0.25) is 0 Å². The molecule has 13 heavy (non-hydrogen) atoms. The first kappa shape index (κ1) is 10.2. The first-order chi connectivity index (χ1) is 6.13. The SMILES string of the molecule is CN(C)CC(O)c1ccc(C#N)s1. The summed E-state index contributed by atoms with van der Waals surface area (Å²) in [5.41, 5.74) is 0. The fourth-order valence-electron chi connectivity index (χ4n) is 1.03. The van der Waals surface area contributed by atoms with Crippen molar-refractivity contribution in [3.8, 4) is 6.07 Å². The van der Waals surface area contributed by atoms with Crippen LogP contribution in [0.2, 0.25) is 0 Å². The molecule has 4 heteroatoms. The summed E-state index contributed by atoms with van der Waals surface area (Å²) in [5.74, 6) is 0. The first-order valence-corrected chi connectivity index (χ1v) is 4.77. The van der Waals surface area contributed by atoms with Crippen molar-refractivity contribution in [3.63, 3.8) is 0 Å². The third-order valence-corrected chi connectivity index (χ3v) is 2.69. The maximum absolute atomic E-state index is 9.66. The van der Waals surface area contributed by atoms with E-state index in [9.17, 15) is 5.11 Å². The van der Waals surface area contributed by atoms with Gasteiger partial charge in [-0.2, -0.15) is 5.26 Å². The van der Waals surface area contributed by atoms with E-state index >= 15 is 0 Å². The molecule has 0 saturated heterocycles. The van der Waals surface area contributed by atoms with E-state index in [0.717, 1.165) is 4.88 Å². The standard InChI is InChI=1S/C9H12N2OS/c1-11(2)6-8(12)9-4-3-7(5-10)13-9/h3-4,8,12H,6H2,1-2H3. The van der Waals surface area contributed by atoms with Crippen molar-refractivity contribution in [3.05, 3.63) is 21.9 Å². The fourth-order valence-corrected chi connectivity index (χ4v) is 1.81. The highest BCUT2D eigenvalue weighted by Crippen LogP contribution is 2.22. The van der Waals surface area contributed by atoms with Gasteiger partial charge in [0, 0.05) is 11.4 Å². The van der Waals surface area contributed by atoms with Gasteiger partial charge in [0.05, 0.1) is 0 Å². The molecule has 1 aromatic heterocycles. The van der Waals surface area contributed by atoms with Gasteiger partial charge in [-0.1, -0.05) is 0 Å². The number of thiophene rings is 1. The summed E-state index contributed by atoms with van der Waals surface area (Å²) < 4.78 is 0. The maximum Gasteiger partial charge on any atom is 0.110 e. The summed E-state index contributed by atoms with van der Waals surface area (Å²) in [6, 6.07) is 5.59. The molecule has 0 bridgehead atoms. The van der Waals surface area contributed by atoms with Gasteiger partial charge in [0.1, 0.15) is 17.1 Å². The maximum atomic E-state index is 9.66. The van der Waals surface area contributed by atoms with Crippen LogP contribution in [0.4, 0.5) is 0 Å². The second-order valence-corrected chi connectivity index (χ2v) is 4.21. The summed E-state index contributed by atoms with van der Waals surface area (Å²) in [6.07, 6.45) is -0.484. The van der Waals surface area contributed by atoms with Crippen molar-refractivity contribution in [1.82, 2.24) is 4.90 Å². The van der Waals surface area contributed by atoms with Crippen molar-refractivity contribution in [1.29, 1.82) is 5.26 Å². The van der Waals surface area contributed by atoms with Gasteiger partial charge in [-0.25, -0.2) is 0 Å². The number of nitrogens with zero attached hydrogens (tertiary/aromatic N) is 2. The zero-order chi connectivity index (χ0) is 9.84. The van der Waals surface area contributed by atoms with E-state index < -0.39 is 6.10 Å². The minimum atomic E-state index is -0.484. The monoisotopic (exact) mass is 196 g/mol. The normalized spacial score (nSPS) is 12.8. The van der Waals surface area contributed by atoms with Crippen molar-refractivity contribution in [2.24, 2.45) is 0 Å². The molecule has 0 spiro atoms. The summed E-state index contributed by atoms with van der Waals surface area (Å²) in [4.78, 5) is 3.41. The summed E-state index contributed by atoms with van der Waals surface area (Å²) in [5, 5.41) is 18.2. The van der Waals surface area contributed by atoms with Crippen LogP contribution in [-0.2, 0) is 0 Å². The van der Waals surface area contributed by atoms with Crippen molar-refractivity contribution < 1.29 is 5.11 Å². The molecule has 1 atom stereocenters. The van der Waals surface area contributed by atoms with E-state index in [1.54, 1.807) is 12.1 Å². The van der Waals surface area contributed by atoms with E-state index in [0.29, 0.717) is 11.4 Å². The molecule has 1 aromatic rings. The van der Waals surface area contributed by atoms with Crippen molar-refractivity contribution in [2.75, 3.05) is 20.6 Å². The topological polar surface area (TPSA) is 47.3 Å². The van der Waals surface area contributed by atoms with E-state index in [1.807, 2.05) is 25.1 Å². The predicted molar refractivity (Wildman–Crippen MR) is 52.5 cm³/mol. The van der Waals surface area contributed by atoms with Gasteiger partial charge in [0.15, 0.2) is 0 Å². The zero-order valence-corrected chi connectivity index (χ0v) is 8.51. The Morgan fingerprint density at radius 1 is 1.62 bits per heavy atom. The van der Waals surface area contributed by atoms with E-state index in [1.165, 1.54) is 11.3 Å². The third kappa shape index (κ3) is 2.81. The Labute approximate surface area is 81.8 Å². The average Bonchev–Trinajstić information content (AvgIpc) is 2.50. The fraction of sp³-hybridized carbons (Fsp3) is 0.444. The van der Waals surface area contributed by atoms with Crippen LogP contribution in [0.25, 0.3) is 0 Å². The van der Waals surface area contributed by atoms with Gasteiger partial charge in [-0.15, -0.1) is 11.3 Å². The highest BCUT2D eigenvalue weighted by Gasteiger charge is 2.10. The molecule has 3 nitrogen and oxygen atoms in total. The van der Waals surface area contributed by atoms with Gasteiger partial charge in [-0.05, 0) is 26.2 Å². The lowest BCUT2D eigenvalue weighted by atomic mass is 10.3. The Bertz CT molecular complexity index is 314. The molecule has 0 aliphatic heterocycles. The minimum Gasteiger partial charge on any atom is -0.386 e. The second kappa shape index (κ2) is 4.38. The first-order valence-electron chi connectivity index (χ1n) is 3.96. The quantitative estimate of drug-likeness (QED) is 0.790. The van der Waals surface area contributed by atoms with Crippen molar-refractivity contribution in [2.45, 2.75) is 6.10 Å². The Morgan fingerprint density at radius 2 is 2.31 bits per heavy atom. The van der Waals surface area contributed by atoms with Crippen LogP contribution >= 0.6 is 11.3 Å². The van der Waals surface area contributed by atoms with E-state index in [2.05, 4.69) is 0 Å². The van der Waals surface area contributed by atoms with Crippen LogP contribution in [0, 0.1) is 11.3 Å². The van der Waals surface area contributed by atoms with Gasteiger partial charge in [0.2, 0.25) is 0 Å². The molecular weight excluding hydrogens is 184 g/mol. The molecule has 0 amide bonds. The minimum absolute atomic E-state index is 0.484. The van der Waals surface area contributed by atoms with Crippen LogP contribution in [0.5, 0.6) is 0 Å². The highest BCUT2D eigenvalue weighted by molar-refractivity contribution is 7.12. The average molecular weight is 196 g/mol. The molecule has 1 N–H and O–H groups in total. The van der Waals surface area contributed by atoms with E-state index in [4.69, 9.17) is 5.26 Å². The molecule has 70 valence electrons. The number of likely N-dealkylation sites (N-methyl/N-ethyl adjacent to an activating group) is 1. The van der Waals surface area contributed by atoms with Crippen molar-refractivity contribution >= 4 is 11.3 Å². The van der Waals surface area contributed by atoms with Crippen LogP contribution < -0.4 is 0 Å². The zero-order valence-electron chi connectivity index (χ0n) is 7.69. The lowest BCUT2D eigenvalue weighted by Gasteiger charge is -2.13. The summed E-state index contributed by atoms with van der Waals surface area (Å²) >= 11 is 1.35. The van der Waals surface area contributed by atoms with E-state index in [-0.39, 0.29) is 0 Å². The molecular formula is C9H12N2OS. The Hall–Kier alpha value is -0.890. The molecule has 0 saturated carbocycles. The Kier molecular flexibility index (Phi) is 3.43. The van der Waals surface area contributed by atoms with Crippen LogP contribution in [0.1, 0.15) is 15.9 Å². The third-order valence-electron chi connectivity index (χ3n) is 1.60. The number of rotatable bonds is 3. The molecule has 1 rings (SSSR count). The summed E-state index contributed by atoms with van der Waals surface area (Å²) in [7, 11) is 3.81. The summed E-state index contributed by atoms with van der Waals surface area (Å²) in [6.45, 7) is 0.589. The van der Waals surface area contributed by atoms with Gasteiger partial charge >= 0.3 is 0 Å². The molecule has 0 fully saturated rings. The van der Waals surface area contributed by atoms with Crippen LogP contribution in [0.15, 0.2) is 12.1 Å². The van der Waals surface area contributed by atoms with Gasteiger partial charge < -0.3 is 10.0 Å². The Balaban J connectivity index is 2.67. The number of nitriles is 1. The second-order valence-electron chi connectivity index (χ2n) is 3.09. The number of hydrogen-bond acceptors (Lipinski definition) is 4. The largest absolute Gasteiger partial charge is 0.386 e. The molecule has 0 radical (unpaired) electrons. The predicted octanol–water partition coefficient (Wildman–Crippen LogP) is 1.21. The number of hydrogen-bond donors (Lipinski definition) is 1. The van der Waals surface area contributed by atoms with Gasteiger partial charge in [0.25, 0.3) is 0 Å². The lowest BCUT2D eigenvalue weighted by molar-refractivity contribution is 0.141. The van der Waals surface area contributed by atoms with Crippen LogP contribution in [-0.4, -0.2) is 30.6 Å². The molecule has 0 aliphatic rings. The molecule has 0 aliphatic carbocycles. The molecule has 1 unspecified atom stereocenters. The lowest BCUT2D eigenvalue weighted by Crippen LogP contribution is -2.19. The van der Waals surface area contributed by atoms with Crippen LogP contribution in [0.3, 0.4) is 0 Å². The Morgan fingerprint density at radius 3 is 2.77 bits per heavy atom. The molecule has 0 aromatic carbocycles. The highest BCUT2D eigenvalue weighted by atomic mass is 32.1.